The van der Waals surface area contributed by atoms with E-state index in [0.29, 0.717) is 17.4 Å². The Morgan fingerprint density at radius 2 is 1.68 bits per heavy atom. The molecule has 1 amide bonds. The minimum atomic E-state index is 0.00198. The van der Waals surface area contributed by atoms with Crippen molar-refractivity contribution >= 4 is 17.4 Å². The van der Waals surface area contributed by atoms with Gasteiger partial charge in [0.05, 0.1) is 5.69 Å². The molecule has 5 heteroatoms. The van der Waals surface area contributed by atoms with E-state index in [9.17, 15) is 4.79 Å². The number of aromatic nitrogens is 2. The van der Waals surface area contributed by atoms with Crippen molar-refractivity contribution in [3.8, 4) is 11.3 Å². The number of aryl methyl sites for hydroxylation is 1. The van der Waals surface area contributed by atoms with Gasteiger partial charge in [0.15, 0.2) is 0 Å². The van der Waals surface area contributed by atoms with E-state index in [1.54, 1.807) is 6.33 Å². The zero-order valence-electron chi connectivity index (χ0n) is 16.0. The molecule has 1 aromatic heterocycles. The van der Waals surface area contributed by atoms with Crippen molar-refractivity contribution in [1.82, 2.24) is 15.3 Å². The largest absolute Gasteiger partial charge is 0.349 e. The quantitative estimate of drug-likeness (QED) is 0.671. The highest BCUT2D eigenvalue weighted by Gasteiger charge is 2.17. The number of rotatable bonds is 5. The molecule has 1 heterocycles. The van der Waals surface area contributed by atoms with Crippen LogP contribution in [0.1, 0.15) is 41.6 Å². The Morgan fingerprint density at radius 1 is 0.964 bits per heavy atom. The Labute approximate surface area is 165 Å². The normalized spacial score (nSPS) is 14.0. The summed E-state index contributed by atoms with van der Waals surface area (Å²) >= 11 is 0. The number of nitrogens with one attached hydrogen (secondary N) is 2. The van der Waals surface area contributed by atoms with Crippen molar-refractivity contribution in [2.24, 2.45) is 0 Å². The fourth-order valence-corrected chi connectivity index (χ4v) is 3.50. The molecule has 0 radical (unpaired) electrons. The number of hydrogen-bond donors (Lipinski definition) is 2. The second kappa shape index (κ2) is 8.21. The minimum Gasteiger partial charge on any atom is -0.349 e. The average molecular weight is 372 g/mol. The first kappa shape index (κ1) is 18.2. The van der Waals surface area contributed by atoms with E-state index in [4.69, 9.17) is 0 Å². The summed E-state index contributed by atoms with van der Waals surface area (Å²) in [6.07, 6.45) is 6.14. The maximum absolute atomic E-state index is 12.3. The van der Waals surface area contributed by atoms with E-state index in [0.717, 1.165) is 29.8 Å². The van der Waals surface area contributed by atoms with E-state index in [2.05, 4.69) is 51.8 Å². The smallest absolute Gasteiger partial charge is 0.251 e. The van der Waals surface area contributed by atoms with Crippen LogP contribution in [-0.4, -0.2) is 21.9 Å². The van der Waals surface area contributed by atoms with Crippen LogP contribution in [0, 0.1) is 6.92 Å². The number of carbonyl (C=O) groups excluding carboxylic acids is 1. The third-order valence-electron chi connectivity index (χ3n) is 5.12. The van der Waals surface area contributed by atoms with Crippen LogP contribution in [-0.2, 0) is 0 Å². The maximum atomic E-state index is 12.3. The van der Waals surface area contributed by atoms with Crippen LogP contribution in [0.25, 0.3) is 11.3 Å². The summed E-state index contributed by atoms with van der Waals surface area (Å²) in [7, 11) is 0. The maximum Gasteiger partial charge on any atom is 0.251 e. The summed E-state index contributed by atoms with van der Waals surface area (Å²) in [6.45, 7) is 2.06. The van der Waals surface area contributed by atoms with E-state index < -0.39 is 0 Å². The molecule has 1 aliphatic carbocycles. The molecule has 1 fully saturated rings. The third kappa shape index (κ3) is 4.36. The predicted molar refractivity (Wildman–Crippen MR) is 112 cm³/mol. The molecule has 0 aliphatic heterocycles. The Balaban J connectivity index is 1.43. The summed E-state index contributed by atoms with van der Waals surface area (Å²) in [5, 5.41) is 6.40. The molecule has 0 bridgehead atoms. The first-order valence-electron chi connectivity index (χ1n) is 9.74. The van der Waals surface area contributed by atoms with Gasteiger partial charge in [-0.15, -0.1) is 0 Å². The van der Waals surface area contributed by atoms with Crippen LogP contribution in [0.2, 0.25) is 0 Å². The van der Waals surface area contributed by atoms with Gasteiger partial charge in [-0.3, -0.25) is 4.79 Å². The van der Waals surface area contributed by atoms with E-state index in [1.807, 2.05) is 30.3 Å². The number of nitrogens with zero attached hydrogens (tertiary/aromatic N) is 2. The van der Waals surface area contributed by atoms with Crippen LogP contribution >= 0.6 is 0 Å². The van der Waals surface area contributed by atoms with Gasteiger partial charge in [0.2, 0.25) is 0 Å². The standard InChI is InChI=1S/C23H24N4O/c1-16-6-8-17(9-7-16)21-14-22(25-15-24-21)26-20-12-10-18(11-13-20)23(28)27-19-4-2-3-5-19/h6-15,19H,2-5H2,1H3,(H,27,28)(H,24,25,26). The van der Waals surface area contributed by atoms with Gasteiger partial charge in [0.1, 0.15) is 12.1 Å². The Morgan fingerprint density at radius 3 is 2.39 bits per heavy atom. The van der Waals surface area contributed by atoms with Crippen LogP contribution in [0.3, 0.4) is 0 Å². The van der Waals surface area contributed by atoms with Gasteiger partial charge in [0.25, 0.3) is 5.91 Å². The van der Waals surface area contributed by atoms with Crippen LogP contribution in [0.4, 0.5) is 11.5 Å². The van der Waals surface area contributed by atoms with Gasteiger partial charge in [-0.05, 0) is 44.0 Å². The molecule has 2 N–H and O–H groups in total. The summed E-state index contributed by atoms with van der Waals surface area (Å²) in [5.41, 5.74) is 4.69. The zero-order chi connectivity index (χ0) is 19.3. The van der Waals surface area contributed by atoms with Gasteiger partial charge in [-0.25, -0.2) is 9.97 Å². The summed E-state index contributed by atoms with van der Waals surface area (Å²) in [6, 6.07) is 18.0. The van der Waals surface area contributed by atoms with Gasteiger partial charge in [0, 0.05) is 28.9 Å². The van der Waals surface area contributed by atoms with Crippen molar-refractivity contribution in [3.63, 3.8) is 0 Å². The second-order valence-electron chi connectivity index (χ2n) is 7.31. The molecule has 0 saturated heterocycles. The highest BCUT2D eigenvalue weighted by molar-refractivity contribution is 5.94. The van der Waals surface area contributed by atoms with Crippen molar-refractivity contribution in [2.75, 3.05) is 5.32 Å². The lowest BCUT2D eigenvalue weighted by molar-refractivity contribution is 0.0938. The number of amides is 1. The topological polar surface area (TPSA) is 66.9 Å². The number of carbonyl (C=O) groups is 1. The molecule has 4 rings (SSSR count). The van der Waals surface area contributed by atoms with E-state index in [-0.39, 0.29) is 5.91 Å². The summed E-state index contributed by atoms with van der Waals surface area (Å²) in [5.74, 6) is 0.718. The Hall–Kier alpha value is -3.21. The van der Waals surface area contributed by atoms with Gasteiger partial charge >= 0.3 is 0 Å². The molecule has 0 spiro atoms. The SMILES string of the molecule is Cc1ccc(-c2cc(Nc3ccc(C(=O)NC4CCCC4)cc3)ncn2)cc1. The lowest BCUT2D eigenvalue weighted by Gasteiger charge is -2.12. The first-order chi connectivity index (χ1) is 13.7. The van der Waals surface area contributed by atoms with E-state index in [1.165, 1.54) is 18.4 Å². The molecule has 0 unspecified atom stereocenters. The van der Waals surface area contributed by atoms with Gasteiger partial charge < -0.3 is 10.6 Å². The minimum absolute atomic E-state index is 0.00198. The monoisotopic (exact) mass is 372 g/mol. The Bertz CT molecular complexity index is 945. The first-order valence-corrected chi connectivity index (χ1v) is 9.74. The van der Waals surface area contributed by atoms with Crippen LogP contribution < -0.4 is 10.6 Å². The molecule has 1 saturated carbocycles. The van der Waals surface area contributed by atoms with Crippen molar-refractivity contribution < 1.29 is 4.79 Å². The third-order valence-corrected chi connectivity index (χ3v) is 5.12. The molecule has 0 atom stereocenters. The molecule has 3 aromatic rings. The molecule has 142 valence electrons. The fourth-order valence-electron chi connectivity index (χ4n) is 3.50. The summed E-state index contributed by atoms with van der Waals surface area (Å²) in [4.78, 5) is 21.0. The lowest BCUT2D eigenvalue weighted by atomic mass is 10.1. The lowest BCUT2D eigenvalue weighted by Crippen LogP contribution is -2.32. The predicted octanol–water partition coefficient (Wildman–Crippen LogP) is 4.87. The second-order valence-corrected chi connectivity index (χ2v) is 7.31. The molecule has 5 nitrogen and oxygen atoms in total. The summed E-state index contributed by atoms with van der Waals surface area (Å²) < 4.78 is 0. The molecule has 28 heavy (non-hydrogen) atoms. The molecular weight excluding hydrogens is 348 g/mol. The molecule has 1 aliphatic rings. The zero-order valence-corrected chi connectivity index (χ0v) is 16.0. The van der Waals surface area contributed by atoms with Gasteiger partial charge in [-0.1, -0.05) is 42.7 Å². The van der Waals surface area contributed by atoms with Crippen molar-refractivity contribution in [3.05, 3.63) is 72.1 Å². The van der Waals surface area contributed by atoms with Crippen molar-refractivity contribution in [2.45, 2.75) is 38.6 Å². The highest BCUT2D eigenvalue weighted by Crippen LogP contribution is 2.22. The average Bonchev–Trinajstić information content (AvgIpc) is 3.22. The highest BCUT2D eigenvalue weighted by atomic mass is 16.1. The molecule has 2 aromatic carbocycles. The Kier molecular flexibility index (Phi) is 5.33. The molecular formula is C23H24N4O. The van der Waals surface area contributed by atoms with Crippen LogP contribution in [0.15, 0.2) is 60.9 Å². The van der Waals surface area contributed by atoms with Crippen molar-refractivity contribution in [1.29, 1.82) is 0 Å². The van der Waals surface area contributed by atoms with Gasteiger partial charge in [-0.2, -0.15) is 0 Å². The van der Waals surface area contributed by atoms with Crippen LogP contribution in [0.5, 0.6) is 0 Å². The number of benzene rings is 2. The number of anilines is 2. The fraction of sp³-hybridized carbons (Fsp3) is 0.261. The number of hydrogen-bond acceptors (Lipinski definition) is 4. The van der Waals surface area contributed by atoms with E-state index >= 15 is 0 Å².